The minimum atomic E-state index is -0.422. The molecule has 132 valence electrons. The molecule has 0 unspecified atom stereocenters. The molecule has 1 aromatic carbocycles. The molecule has 0 N–H and O–H groups in total. The van der Waals surface area contributed by atoms with Crippen molar-refractivity contribution >= 4 is 28.5 Å². The zero-order valence-electron chi connectivity index (χ0n) is 14.3. The lowest BCUT2D eigenvalue weighted by Crippen LogP contribution is -2.39. The summed E-state index contributed by atoms with van der Waals surface area (Å²) in [5, 5.41) is 0.602. The highest BCUT2D eigenvalue weighted by molar-refractivity contribution is 6.30. The Hall–Kier alpha value is -3.06. The highest BCUT2D eigenvalue weighted by Crippen LogP contribution is 2.22. The largest absolute Gasteiger partial charge is 0.332 e. The van der Waals surface area contributed by atoms with E-state index >= 15 is 0 Å². The molecule has 0 amide bonds. The number of imidazole rings is 2. The SMILES string of the molecule is C=CCn1c(=O)c2c(nc3n(-c4cccc(Cl)c4)c(C)cn23)n(C)c1=O. The highest BCUT2D eigenvalue weighted by Gasteiger charge is 2.20. The van der Waals surface area contributed by atoms with Crippen molar-refractivity contribution in [3.05, 3.63) is 74.7 Å². The topological polar surface area (TPSA) is 66.2 Å². The van der Waals surface area contributed by atoms with Gasteiger partial charge in [0.25, 0.3) is 5.56 Å². The normalized spacial score (nSPS) is 11.5. The molecule has 0 aliphatic heterocycles. The molecule has 8 heteroatoms. The van der Waals surface area contributed by atoms with Gasteiger partial charge in [0.15, 0.2) is 11.2 Å². The third-order valence-electron chi connectivity index (χ3n) is 4.40. The lowest BCUT2D eigenvalue weighted by Gasteiger charge is -2.06. The summed E-state index contributed by atoms with van der Waals surface area (Å²) >= 11 is 6.12. The number of nitrogens with zero attached hydrogens (tertiary/aromatic N) is 5. The van der Waals surface area contributed by atoms with Gasteiger partial charge in [0.2, 0.25) is 5.78 Å². The summed E-state index contributed by atoms with van der Waals surface area (Å²) in [6.45, 7) is 5.68. The molecule has 4 rings (SSSR count). The van der Waals surface area contributed by atoms with Crippen molar-refractivity contribution in [2.24, 2.45) is 7.05 Å². The molecule has 0 atom stereocenters. The molecule has 0 saturated heterocycles. The van der Waals surface area contributed by atoms with Crippen LogP contribution in [0.4, 0.5) is 0 Å². The van der Waals surface area contributed by atoms with Gasteiger partial charge >= 0.3 is 5.69 Å². The first-order valence-corrected chi connectivity index (χ1v) is 8.38. The molecule has 0 aliphatic rings. The van der Waals surface area contributed by atoms with Gasteiger partial charge in [0, 0.05) is 30.5 Å². The molecule has 3 heterocycles. The summed E-state index contributed by atoms with van der Waals surface area (Å²) in [4.78, 5) is 29.9. The molecule has 3 aromatic heterocycles. The Morgan fingerprint density at radius 1 is 1.31 bits per heavy atom. The molecule has 0 fully saturated rings. The molecule has 4 aromatic rings. The molecule has 0 saturated carbocycles. The molecule has 0 bridgehead atoms. The van der Waals surface area contributed by atoms with Crippen LogP contribution < -0.4 is 11.2 Å². The van der Waals surface area contributed by atoms with Gasteiger partial charge in [-0.1, -0.05) is 23.7 Å². The molecular weight excluding hydrogens is 354 g/mol. The predicted octanol–water partition coefficient (Wildman–Crippen LogP) is 2.29. The average Bonchev–Trinajstić information content (AvgIpc) is 3.11. The Morgan fingerprint density at radius 3 is 2.77 bits per heavy atom. The Balaban J connectivity index is 2.17. The second kappa shape index (κ2) is 5.74. The van der Waals surface area contributed by atoms with Gasteiger partial charge in [-0.05, 0) is 25.1 Å². The van der Waals surface area contributed by atoms with Crippen LogP contribution >= 0.6 is 11.6 Å². The van der Waals surface area contributed by atoms with Crippen LogP contribution in [0.1, 0.15) is 5.69 Å². The Morgan fingerprint density at radius 2 is 2.08 bits per heavy atom. The van der Waals surface area contributed by atoms with E-state index in [1.807, 2.05) is 35.9 Å². The molecule has 7 nitrogen and oxygen atoms in total. The van der Waals surface area contributed by atoms with Crippen LogP contribution in [0, 0.1) is 6.92 Å². The smallest absolute Gasteiger partial charge is 0.283 e. The van der Waals surface area contributed by atoms with Crippen molar-refractivity contribution in [3.63, 3.8) is 0 Å². The predicted molar refractivity (Wildman–Crippen MR) is 101 cm³/mol. The fraction of sp³-hybridized carbons (Fsp3) is 0.167. The number of fused-ring (bicyclic) bond motifs is 3. The van der Waals surface area contributed by atoms with Gasteiger partial charge in [0.05, 0.1) is 5.69 Å². The lowest BCUT2D eigenvalue weighted by molar-refractivity contribution is 0.667. The summed E-state index contributed by atoms with van der Waals surface area (Å²) in [5.41, 5.74) is 1.60. The van der Waals surface area contributed by atoms with Crippen molar-refractivity contribution < 1.29 is 0 Å². The van der Waals surface area contributed by atoms with E-state index in [2.05, 4.69) is 11.6 Å². The Bertz CT molecular complexity index is 1310. The maximum Gasteiger partial charge on any atom is 0.332 e. The van der Waals surface area contributed by atoms with Crippen LogP contribution in [0.2, 0.25) is 5.02 Å². The fourth-order valence-electron chi connectivity index (χ4n) is 3.23. The summed E-state index contributed by atoms with van der Waals surface area (Å²) in [5.74, 6) is 0.545. The van der Waals surface area contributed by atoms with Gasteiger partial charge in [-0.15, -0.1) is 6.58 Å². The van der Waals surface area contributed by atoms with Crippen LogP contribution in [-0.4, -0.2) is 23.1 Å². The number of benzene rings is 1. The second-order valence-corrected chi connectivity index (χ2v) is 6.52. The number of halogens is 1. The summed E-state index contributed by atoms with van der Waals surface area (Å²) in [6.07, 6.45) is 3.35. The number of hydrogen-bond donors (Lipinski definition) is 0. The van der Waals surface area contributed by atoms with Gasteiger partial charge < -0.3 is 0 Å². The summed E-state index contributed by atoms with van der Waals surface area (Å²) in [6, 6.07) is 7.38. The second-order valence-electron chi connectivity index (χ2n) is 6.09. The van der Waals surface area contributed by atoms with E-state index < -0.39 is 11.2 Å². The quantitative estimate of drug-likeness (QED) is 0.520. The number of aromatic nitrogens is 5. The highest BCUT2D eigenvalue weighted by atomic mass is 35.5. The van der Waals surface area contributed by atoms with E-state index in [0.29, 0.717) is 22.0 Å². The van der Waals surface area contributed by atoms with Gasteiger partial charge in [-0.25, -0.2) is 4.79 Å². The first-order chi connectivity index (χ1) is 12.4. The van der Waals surface area contributed by atoms with E-state index in [-0.39, 0.29) is 6.54 Å². The van der Waals surface area contributed by atoms with E-state index in [0.717, 1.165) is 15.9 Å². The van der Waals surface area contributed by atoms with E-state index in [1.165, 1.54) is 10.6 Å². The number of hydrogen-bond acceptors (Lipinski definition) is 3. The maximum absolute atomic E-state index is 12.9. The van der Waals surface area contributed by atoms with Crippen LogP contribution in [0.25, 0.3) is 22.6 Å². The first kappa shape index (κ1) is 16.4. The summed E-state index contributed by atoms with van der Waals surface area (Å²) < 4.78 is 6.14. The zero-order chi connectivity index (χ0) is 18.6. The summed E-state index contributed by atoms with van der Waals surface area (Å²) in [7, 11) is 1.60. The molecular formula is C18H16ClN5O2. The van der Waals surface area contributed by atoms with Crippen molar-refractivity contribution in [1.82, 2.24) is 23.1 Å². The van der Waals surface area contributed by atoms with Crippen molar-refractivity contribution in [1.29, 1.82) is 0 Å². The third kappa shape index (κ3) is 2.17. The number of aryl methyl sites for hydroxylation is 2. The number of allylic oxidation sites excluding steroid dienone is 1. The minimum absolute atomic E-state index is 0.142. The molecule has 26 heavy (non-hydrogen) atoms. The van der Waals surface area contributed by atoms with E-state index in [1.54, 1.807) is 17.5 Å². The van der Waals surface area contributed by atoms with Crippen molar-refractivity contribution in [2.45, 2.75) is 13.5 Å². The van der Waals surface area contributed by atoms with Crippen LogP contribution in [0.3, 0.4) is 0 Å². The Labute approximate surface area is 153 Å². The molecule has 0 radical (unpaired) electrons. The van der Waals surface area contributed by atoms with E-state index in [4.69, 9.17) is 11.6 Å². The molecule has 0 aliphatic carbocycles. The van der Waals surface area contributed by atoms with Crippen LogP contribution in [0.5, 0.6) is 0 Å². The van der Waals surface area contributed by atoms with Crippen molar-refractivity contribution in [3.8, 4) is 5.69 Å². The van der Waals surface area contributed by atoms with Gasteiger partial charge in [-0.3, -0.25) is 22.9 Å². The zero-order valence-corrected chi connectivity index (χ0v) is 15.1. The van der Waals surface area contributed by atoms with Gasteiger partial charge in [0.1, 0.15) is 0 Å². The Kier molecular flexibility index (Phi) is 3.62. The van der Waals surface area contributed by atoms with Gasteiger partial charge in [-0.2, -0.15) is 4.98 Å². The first-order valence-electron chi connectivity index (χ1n) is 8.01. The third-order valence-corrected chi connectivity index (χ3v) is 4.64. The standard InChI is InChI=1S/C18H16ClN5O2/c1-4-8-22-16(25)14-15(21(3)18(22)26)20-17-23(14)10-11(2)24(17)13-7-5-6-12(19)9-13/h4-7,9-10H,1,8H2,2-3H3. The van der Waals surface area contributed by atoms with E-state index in [9.17, 15) is 9.59 Å². The van der Waals surface area contributed by atoms with Crippen LogP contribution in [0.15, 0.2) is 52.7 Å². The minimum Gasteiger partial charge on any atom is -0.283 e. The van der Waals surface area contributed by atoms with Crippen molar-refractivity contribution in [2.75, 3.05) is 0 Å². The molecule has 0 spiro atoms. The number of rotatable bonds is 3. The fourth-order valence-corrected chi connectivity index (χ4v) is 3.42. The maximum atomic E-state index is 12.9. The lowest BCUT2D eigenvalue weighted by atomic mass is 10.3. The monoisotopic (exact) mass is 369 g/mol. The van der Waals surface area contributed by atoms with Crippen LogP contribution in [-0.2, 0) is 13.6 Å². The average molecular weight is 370 g/mol.